The highest BCUT2D eigenvalue weighted by Crippen LogP contribution is 2.19. The topological polar surface area (TPSA) is 53.6 Å². The average molecular weight is 248 g/mol. The van der Waals surface area contributed by atoms with Crippen LogP contribution in [-0.4, -0.2) is 15.8 Å². The summed E-state index contributed by atoms with van der Waals surface area (Å²) in [7, 11) is 1.87. The van der Waals surface area contributed by atoms with Crippen molar-refractivity contribution in [2.75, 3.05) is 5.32 Å². The molecule has 0 amide bonds. The molecule has 4 nitrogen and oxygen atoms in total. The molecule has 1 N–H and O–H groups in total. The number of hydrogen-bond acceptors (Lipinski definition) is 3. The summed E-state index contributed by atoms with van der Waals surface area (Å²) < 4.78 is 1.76. The Balaban J connectivity index is 2.59. The summed E-state index contributed by atoms with van der Waals surface area (Å²) in [6.07, 6.45) is 3.58. The minimum Gasteiger partial charge on any atom is -0.367 e. The molecule has 0 aliphatic carbocycles. The Labute approximate surface area is 110 Å². The molecule has 0 aromatic carbocycles. The second kappa shape index (κ2) is 6.44. The molecule has 1 aromatic heterocycles. The molecule has 0 aliphatic heterocycles. The quantitative estimate of drug-likeness (QED) is 0.841. The van der Waals surface area contributed by atoms with Crippen LogP contribution in [0.15, 0.2) is 0 Å². The number of anilines is 1. The molecule has 4 heteroatoms. The van der Waals surface area contributed by atoms with Gasteiger partial charge in [-0.05, 0) is 26.2 Å². The van der Waals surface area contributed by atoms with E-state index in [1.54, 1.807) is 4.68 Å². The normalized spacial score (nSPS) is 12.5. The van der Waals surface area contributed by atoms with Gasteiger partial charge < -0.3 is 5.32 Å². The van der Waals surface area contributed by atoms with Gasteiger partial charge in [0.05, 0.1) is 5.69 Å². The first kappa shape index (κ1) is 14.6. The van der Waals surface area contributed by atoms with Crippen molar-refractivity contribution in [3.63, 3.8) is 0 Å². The van der Waals surface area contributed by atoms with Gasteiger partial charge in [0.1, 0.15) is 17.5 Å². The molecule has 1 rings (SSSR count). The zero-order chi connectivity index (χ0) is 13.7. The fourth-order valence-electron chi connectivity index (χ4n) is 2.10. The summed E-state index contributed by atoms with van der Waals surface area (Å²) in [4.78, 5) is 0. The van der Waals surface area contributed by atoms with Gasteiger partial charge in [0, 0.05) is 13.1 Å². The summed E-state index contributed by atoms with van der Waals surface area (Å²) in [6.45, 7) is 8.52. The molecule has 1 heterocycles. The summed E-state index contributed by atoms with van der Waals surface area (Å²) in [6, 6.07) is 2.58. The van der Waals surface area contributed by atoms with E-state index in [9.17, 15) is 0 Å². The van der Waals surface area contributed by atoms with Gasteiger partial charge in [-0.15, -0.1) is 0 Å². The number of nitrogens with zero attached hydrogens (tertiary/aromatic N) is 3. The van der Waals surface area contributed by atoms with Crippen molar-refractivity contribution in [3.05, 3.63) is 11.3 Å². The molecule has 0 radical (unpaired) electrons. The van der Waals surface area contributed by atoms with Crippen molar-refractivity contribution in [1.82, 2.24) is 9.78 Å². The fraction of sp³-hybridized carbons (Fsp3) is 0.714. The third-order valence-corrected chi connectivity index (χ3v) is 3.14. The molecule has 100 valence electrons. The van der Waals surface area contributed by atoms with Crippen molar-refractivity contribution in [2.24, 2.45) is 13.0 Å². The van der Waals surface area contributed by atoms with E-state index in [1.165, 1.54) is 12.8 Å². The molecule has 18 heavy (non-hydrogen) atoms. The summed E-state index contributed by atoms with van der Waals surface area (Å²) in [5, 5.41) is 16.8. The number of nitrogens with one attached hydrogen (secondary N) is 1. The van der Waals surface area contributed by atoms with Gasteiger partial charge in [-0.25, -0.2) is 0 Å². The van der Waals surface area contributed by atoms with Crippen LogP contribution in [0.2, 0.25) is 0 Å². The zero-order valence-electron chi connectivity index (χ0n) is 12.1. The van der Waals surface area contributed by atoms with Crippen molar-refractivity contribution in [2.45, 2.75) is 53.0 Å². The van der Waals surface area contributed by atoms with Crippen molar-refractivity contribution in [3.8, 4) is 6.07 Å². The maximum atomic E-state index is 9.13. The molecule has 1 aromatic rings. The summed E-state index contributed by atoms with van der Waals surface area (Å²) in [5.41, 5.74) is 1.45. The number of aromatic nitrogens is 2. The molecule has 0 fully saturated rings. The lowest BCUT2D eigenvalue weighted by Gasteiger charge is -2.16. The maximum absolute atomic E-state index is 9.13. The molecule has 0 aliphatic rings. The van der Waals surface area contributed by atoms with Crippen molar-refractivity contribution >= 4 is 5.82 Å². The third-order valence-electron chi connectivity index (χ3n) is 3.14. The molecule has 1 unspecified atom stereocenters. The van der Waals surface area contributed by atoms with Gasteiger partial charge >= 0.3 is 0 Å². The minimum atomic E-state index is 0.366. The van der Waals surface area contributed by atoms with Gasteiger partial charge in [-0.1, -0.05) is 26.7 Å². The van der Waals surface area contributed by atoms with Crippen LogP contribution in [0.5, 0.6) is 0 Å². The number of nitriles is 1. The Bertz CT molecular complexity index is 426. The Morgan fingerprint density at radius 3 is 2.56 bits per heavy atom. The van der Waals surface area contributed by atoms with E-state index in [-0.39, 0.29) is 0 Å². The lowest BCUT2D eigenvalue weighted by molar-refractivity contribution is 0.519. The maximum Gasteiger partial charge on any atom is 0.142 e. The average Bonchev–Trinajstić information content (AvgIpc) is 2.53. The summed E-state index contributed by atoms with van der Waals surface area (Å²) in [5.74, 6) is 1.60. The van der Waals surface area contributed by atoms with E-state index in [0.29, 0.717) is 11.6 Å². The number of rotatable bonds is 6. The molecule has 1 atom stereocenters. The van der Waals surface area contributed by atoms with Crippen LogP contribution in [0.4, 0.5) is 5.82 Å². The second-order valence-electron chi connectivity index (χ2n) is 5.41. The fourth-order valence-corrected chi connectivity index (χ4v) is 2.10. The smallest absolute Gasteiger partial charge is 0.142 e. The van der Waals surface area contributed by atoms with Crippen LogP contribution in [0, 0.1) is 24.2 Å². The first-order valence-corrected chi connectivity index (χ1v) is 6.66. The molecule has 0 saturated carbocycles. The van der Waals surface area contributed by atoms with Gasteiger partial charge in [0.15, 0.2) is 0 Å². The first-order chi connectivity index (χ1) is 8.45. The Morgan fingerprint density at radius 1 is 1.33 bits per heavy atom. The van der Waals surface area contributed by atoms with Gasteiger partial charge in [0.2, 0.25) is 0 Å². The van der Waals surface area contributed by atoms with Crippen LogP contribution in [0.3, 0.4) is 0 Å². The predicted molar refractivity (Wildman–Crippen MR) is 74.4 cm³/mol. The highest BCUT2D eigenvalue weighted by atomic mass is 15.3. The largest absolute Gasteiger partial charge is 0.367 e. The highest BCUT2D eigenvalue weighted by Gasteiger charge is 2.14. The van der Waals surface area contributed by atoms with Crippen LogP contribution >= 0.6 is 0 Å². The Kier molecular flexibility index (Phi) is 5.21. The van der Waals surface area contributed by atoms with Crippen LogP contribution in [0.1, 0.15) is 51.3 Å². The molecular formula is C14H24N4. The van der Waals surface area contributed by atoms with Gasteiger partial charge in [-0.2, -0.15) is 10.4 Å². The standard InChI is InChI=1S/C14H24N4/c1-10(2)7-6-8-11(3)16-14-13(9-15)12(4)17-18(14)5/h10-11,16H,6-8H2,1-5H3. The molecule has 0 spiro atoms. The number of hydrogen-bond donors (Lipinski definition) is 1. The predicted octanol–water partition coefficient (Wildman–Crippen LogP) is 3.23. The van der Waals surface area contributed by atoms with E-state index in [0.717, 1.165) is 23.9 Å². The van der Waals surface area contributed by atoms with Crippen molar-refractivity contribution in [1.29, 1.82) is 5.26 Å². The molecule has 0 bridgehead atoms. The van der Waals surface area contributed by atoms with E-state index < -0.39 is 0 Å². The minimum absolute atomic E-state index is 0.366. The van der Waals surface area contributed by atoms with E-state index in [1.807, 2.05) is 14.0 Å². The first-order valence-electron chi connectivity index (χ1n) is 6.66. The van der Waals surface area contributed by atoms with Crippen molar-refractivity contribution < 1.29 is 0 Å². The zero-order valence-corrected chi connectivity index (χ0v) is 12.1. The van der Waals surface area contributed by atoms with E-state index in [4.69, 9.17) is 5.26 Å². The van der Waals surface area contributed by atoms with E-state index in [2.05, 4.69) is 37.3 Å². The number of aryl methyl sites for hydroxylation is 2. The lowest BCUT2D eigenvalue weighted by Crippen LogP contribution is -2.18. The SMILES string of the molecule is Cc1nn(C)c(NC(C)CCCC(C)C)c1C#N. The van der Waals surface area contributed by atoms with Crippen LogP contribution in [-0.2, 0) is 7.05 Å². The Hall–Kier alpha value is -1.50. The van der Waals surface area contributed by atoms with Gasteiger partial charge in [0.25, 0.3) is 0 Å². The van der Waals surface area contributed by atoms with Crippen LogP contribution in [0.25, 0.3) is 0 Å². The van der Waals surface area contributed by atoms with E-state index >= 15 is 0 Å². The Morgan fingerprint density at radius 2 is 2.00 bits per heavy atom. The third kappa shape index (κ3) is 3.76. The summed E-state index contributed by atoms with van der Waals surface area (Å²) >= 11 is 0. The molecule has 0 saturated heterocycles. The van der Waals surface area contributed by atoms with Gasteiger partial charge in [-0.3, -0.25) is 4.68 Å². The lowest BCUT2D eigenvalue weighted by atomic mass is 10.0. The monoisotopic (exact) mass is 248 g/mol. The second-order valence-corrected chi connectivity index (χ2v) is 5.41. The van der Waals surface area contributed by atoms with Crippen LogP contribution < -0.4 is 5.32 Å². The highest BCUT2D eigenvalue weighted by molar-refractivity contribution is 5.55. The molecular weight excluding hydrogens is 224 g/mol.